The summed E-state index contributed by atoms with van der Waals surface area (Å²) in [5, 5.41) is 3.53. The number of hydrogen-bond donors (Lipinski definition) is 2. The van der Waals surface area contributed by atoms with Crippen molar-refractivity contribution in [3.63, 3.8) is 0 Å². The molecule has 0 bridgehead atoms. The molecule has 0 atom stereocenters. The fourth-order valence-corrected chi connectivity index (χ4v) is 2.41. The average molecular weight is 218 g/mol. The van der Waals surface area contributed by atoms with E-state index in [1.165, 1.54) is 36.9 Å². The Bertz CT molecular complexity index is 398. The van der Waals surface area contributed by atoms with E-state index in [2.05, 4.69) is 15.3 Å². The molecule has 1 aromatic rings. The summed E-state index contributed by atoms with van der Waals surface area (Å²) in [5.41, 5.74) is 8.49. The molecule has 3 N–H and O–H groups in total. The number of aryl methyl sites for hydroxylation is 1. The number of nitrogens with one attached hydrogen (secondary N) is 1. The first-order valence-corrected chi connectivity index (χ1v) is 6.14. The number of anilines is 1. The number of fused-ring (bicyclic) bond motifs is 1. The van der Waals surface area contributed by atoms with E-state index in [9.17, 15) is 0 Å². The number of nitrogens with two attached hydrogens (primary N) is 1. The van der Waals surface area contributed by atoms with Crippen LogP contribution in [0.5, 0.6) is 0 Å². The lowest BCUT2D eigenvalue weighted by Gasteiger charge is -2.22. The summed E-state index contributed by atoms with van der Waals surface area (Å²) in [4.78, 5) is 8.76. The van der Waals surface area contributed by atoms with Gasteiger partial charge in [-0.15, -0.1) is 0 Å². The van der Waals surface area contributed by atoms with Gasteiger partial charge in [-0.2, -0.15) is 0 Å². The molecule has 16 heavy (non-hydrogen) atoms. The van der Waals surface area contributed by atoms with Gasteiger partial charge in [-0.3, -0.25) is 0 Å². The molecule has 0 radical (unpaired) electrons. The van der Waals surface area contributed by atoms with E-state index >= 15 is 0 Å². The Morgan fingerprint density at radius 3 is 2.81 bits per heavy atom. The molecule has 4 heteroatoms. The molecule has 0 unspecified atom stereocenters. The van der Waals surface area contributed by atoms with E-state index < -0.39 is 0 Å². The zero-order valence-corrected chi connectivity index (χ0v) is 9.50. The van der Waals surface area contributed by atoms with Crippen LogP contribution in [0.1, 0.15) is 36.9 Å². The van der Waals surface area contributed by atoms with Gasteiger partial charge in [0.1, 0.15) is 12.1 Å². The van der Waals surface area contributed by atoms with Gasteiger partial charge in [-0.1, -0.05) is 0 Å². The van der Waals surface area contributed by atoms with Crippen LogP contribution < -0.4 is 11.1 Å². The highest BCUT2D eigenvalue weighted by Gasteiger charge is 2.42. The van der Waals surface area contributed by atoms with Crippen LogP contribution in [-0.4, -0.2) is 22.1 Å². The largest absolute Gasteiger partial charge is 0.363 e. The third-order valence-electron chi connectivity index (χ3n) is 3.75. The van der Waals surface area contributed by atoms with Crippen molar-refractivity contribution in [1.29, 1.82) is 0 Å². The third kappa shape index (κ3) is 1.67. The molecule has 86 valence electrons. The molecule has 1 saturated carbocycles. The molecule has 0 spiro atoms. The standard InChI is InChI=1S/C12H18N4/c13-7-12(5-6-12)16-11-9-3-1-2-4-10(9)14-8-15-11/h8H,1-7,13H2,(H,14,15,16). The molecule has 3 rings (SSSR count). The van der Waals surface area contributed by atoms with Crippen LogP contribution >= 0.6 is 0 Å². The van der Waals surface area contributed by atoms with Crippen LogP contribution in [0.3, 0.4) is 0 Å². The van der Waals surface area contributed by atoms with Crippen molar-refractivity contribution in [3.8, 4) is 0 Å². The summed E-state index contributed by atoms with van der Waals surface area (Å²) in [5.74, 6) is 1.03. The highest BCUT2D eigenvalue weighted by Crippen LogP contribution is 2.38. The number of nitrogens with zero attached hydrogens (tertiary/aromatic N) is 2. The first-order chi connectivity index (χ1) is 7.83. The lowest BCUT2D eigenvalue weighted by atomic mass is 9.96. The van der Waals surface area contributed by atoms with Crippen LogP contribution in [-0.2, 0) is 12.8 Å². The van der Waals surface area contributed by atoms with Crippen LogP contribution in [0.15, 0.2) is 6.33 Å². The van der Waals surface area contributed by atoms with Crippen molar-refractivity contribution in [1.82, 2.24) is 9.97 Å². The Balaban J connectivity index is 1.89. The highest BCUT2D eigenvalue weighted by atomic mass is 15.1. The van der Waals surface area contributed by atoms with E-state index in [-0.39, 0.29) is 5.54 Å². The maximum Gasteiger partial charge on any atom is 0.133 e. The van der Waals surface area contributed by atoms with E-state index in [1.807, 2.05) is 0 Å². The Labute approximate surface area is 95.7 Å². The van der Waals surface area contributed by atoms with Crippen LogP contribution in [0, 0.1) is 0 Å². The monoisotopic (exact) mass is 218 g/mol. The SMILES string of the molecule is NCC1(Nc2ncnc3c2CCCC3)CC1. The minimum atomic E-state index is 0.138. The molecule has 0 aromatic carbocycles. The quantitative estimate of drug-likeness (QED) is 0.801. The van der Waals surface area contributed by atoms with E-state index in [1.54, 1.807) is 6.33 Å². The van der Waals surface area contributed by atoms with Crippen molar-refractivity contribution in [2.24, 2.45) is 5.73 Å². The molecule has 1 fully saturated rings. The summed E-state index contributed by atoms with van der Waals surface area (Å²) in [6.07, 6.45) is 8.74. The lowest BCUT2D eigenvalue weighted by Crippen LogP contribution is -2.32. The van der Waals surface area contributed by atoms with Gasteiger partial charge in [0.15, 0.2) is 0 Å². The van der Waals surface area contributed by atoms with Crippen LogP contribution in [0.2, 0.25) is 0 Å². The zero-order chi connectivity index (χ0) is 11.0. The summed E-state index contributed by atoms with van der Waals surface area (Å²) in [6.45, 7) is 0.700. The van der Waals surface area contributed by atoms with Crippen LogP contribution in [0.25, 0.3) is 0 Å². The summed E-state index contributed by atoms with van der Waals surface area (Å²) in [6, 6.07) is 0. The predicted molar refractivity (Wildman–Crippen MR) is 63.3 cm³/mol. The predicted octanol–water partition coefficient (Wildman–Crippen LogP) is 1.26. The number of aromatic nitrogens is 2. The van der Waals surface area contributed by atoms with Gasteiger partial charge in [0.25, 0.3) is 0 Å². The van der Waals surface area contributed by atoms with Gasteiger partial charge in [0.05, 0.1) is 5.54 Å². The van der Waals surface area contributed by atoms with Crippen LogP contribution in [0.4, 0.5) is 5.82 Å². The molecule has 1 heterocycles. The molecule has 2 aliphatic carbocycles. The number of hydrogen-bond acceptors (Lipinski definition) is 4. The fourth-order valence-electron chi connectivity index (χ4n) is 2.41. The highest BCUT2D eigenvalue weighted by molar-refractivity contribution is 5.50. The fraction of sp³-hybridized carbons (Fsp3) is 0.667. The first-order valence-electron chi connectivity index (χ1n) is 6.14. The molecule has 2 aliphatic rings. The van der Waals surface area contributed by atoms with Gasteiger partial charge >= 0.3 is 0 Å². The average Bonchev–Trinajstić information content (AvgIpc) is 3.10. The molecule has 1 aromatic heterocycles. The smallest absolute Gasteiger partial charge is 0.133 e. The maximum atomic E-state index is 5.79. The minimum absolute atomic E-state index is 0.138. The molecular formula is C12H18N4. The molecular weight excluding hydrogens is 200 g/mol. The van der Waals surface area contributed by atoms with Crippen molar-refractivity contribution in [3.05, 3.63) is 17.6 Å². The van der Waals surface area contributed by atoms with Crippen molar-refractivity contribution in [2.75, 3.05) is 11.9 Å². The Hall–Kier alpha value is -1.16. The molecule has 0 aliphatic heterocycles. The summed E-state index contributed by atoms with van der Waals surface area (Å²) < 4.78 is 0. The minimum Gasteiger partial charge on any atom is -0.363 e. The zero-order valence-electron chi connectivity index (χ0n) is 9.50. The maximum absolute atomic E-state index is 5.79. The summed E-state index contributed by atoms with van der Waals surface area (Å²) >= 11 is 0. The topological polar surface area (TPSA) is 63.8 Å². The van der Waals surface area contributed by atoms with Gasteiger partial charge in [-0.05, 0) is 38.5 Å². The van der Waals surface area contributed by atoms with E-state index in [0.717, 1.165) is 18.7 Å². The first kappa shape index (κ1) is 10.0. The third-order valence-corrected chi connectivity index (χ3v) is 3.75. The van der Waals surface area contributed by atoms with Gasteiger partial charge < -0.3 is 11.1 Å². The van der Waals surface area contributed by atoms with Gasteiger partial charge in [0, 0.05) is 17.8 Å². The van der Waals surface area contributed by atoms with Crippen molar-refractivity contribution < 1.29 is 0 Å². The van der Waals surface area contributed by atoms with Gasteiger partial charge in [0.2, 0.25) is 0 Å². The van der Waals surface area contributed by atoms with Gasteiger partial charge in [-0.25, -0.2) is 9.97 Å². The Morgan fingerprint density at radius 2 is 2.06 bits per heavy atom. The van der Waals surface area contributed by atoms with E-state index in [4.69, 9.17) is 5.73 Å². The Morgan fingerprint density at radius 1 is 1.25 bits per heavy atom. The molecule has 0 amide bonds. The second-order valence-corrected chi connectivity index (χ2v) is 4.96. The van der Waals surface area contributed by atoms with Crippen molar-refractivity contribution in [2.45, 2.75) is 44.1 Å². The Kier molecular flexibility index (Phi) is 2.32. The lowest BCUT2D eigenvalue weighted by molar-refractivity contribution is 0.656. The number of rotatable bonds is 3. The second-order valence-electron chi connectivity index (χ2n) is 4.96. The summed E-state index contributed by atoms with van der Waals surface area (Å²) in [7, 11) is 0. The molecule has 4 nitrogen and oxygen atoms in total. The second kappa shape index (κ2) is 3.70. The van der Waals surface area contributed by atoms with Crippen molar-refractivity contribution >= 4 is 5.82 Å². The molecule has 0 saturated heterocycles. The van der Waals surface area contributed by atoms with E-state index in [0.29, 0.717) is 6.54 Å². The normalized spacial score (nSPS) is 21.3.